The zero-order chi connectivity index (χ0) is 26.3. The lowest BCUT2D eigenvalue weighted by Gasteiger charge is -2.27. The van der Waals surface area contributed by atoms with Crippen molar-refractivity contribution in [3.63, 3.8) is 0 Å². The van der Waals surface area contributed by atoms with Crippen LogP contribution in [-0.2, 0) is 16.1 Å². The standard InChI is InChI=1S/C31H29NO6/c33-29-18-27(23-9-5-2-6-10-23)26-16-15-25(17-28(26)38-29)37-30(34)24-13-11-21(12-14-24)19-32-31(35)36-20-22-7-3-1-4-8-22/h1-10,15-18,21,24H,11-14,19-20H2,(H,32,35). The van der Waals surface area contributed by atoms with Crippen LogP contribution in [0.3, 0.4) is 0 Å². The first kappa shape index (κ1) is 25.3. The minimum absolute atomic E-state index is 0.213. The number of hydrogen-bond acceptors (Lipinski definition) is 6. The highest BCUT2D eigenvalue weighted by Crippen LogP contribution is 2.32. The summed E-state index contributed by atoms with van der Waals surface area (Å²) in [5.41, 5.74) is 2.52. The van der Waals surface area contributed by atoms with Gasteiger partial charge in [0, 0.05) is 24.1 Å². The fourth-order valence-corrected chi connectivity index (χ4v) is 4.87. The van der Waals surface area contributed by atoms with Gasteiger partial charge in [0.25, 0.3) is 0 Å². The first-order valence-electron chi connectivity index (χ1n) is 12.8. The van der Waals surface area contributed by atoms with Gasteiger partial charge in [-0.2, -0.15) is 0 Å². The molecule has 0 aliphatic heterocycles. The van der Waals surface area contributed by atoms with Gasteiger partial charge in [-0.15, -0.1) is 0 Å². The van der Waals surface area contributed by atoms with Crippen molar-refractivity contribution in [2.24, 2.45) is 11.8 Å². The zero-order valence-corrected chi connectivity index (χ0v) is 20.9. The molecular weight excluding hydrogens is 482 g/mol. The maximum Gasteiger partial charge on any atom is 0.407 e. The molecule has 1 amide bonds. The number of esters is 1. The van der Waals surface area contributed by atoms with E-state index >= 15 is 0 Å². The van der Waals surface area contributed by atoms with Gasteiger partial charge in [0.1, 0.15) is 17.9 Å². The molecular formula is C31H29NO6. The number of fused-ring (bicyclic) bond motifs is 1. The van der Waals surface area contributed by atoms with E-state index in [-0.39, 0.29) is 24.4 Å². The summed E-state index contributed by atoms with van der Waals surface area (Å²) in [6, 6.07) is 25.7. The Morgan fingerprint density at radius 1 is 0.868 bits per heavy atom. The number of hydrogen-bond donors (Lipinski definition) is 1. The molecule has 0 bridgehead atoms. The van der Waals surface area contributed by atoms with Gasteiger partial charge >= 0.3 is 17.7 Å². The predicted molar refractivity (Wildman–Crippen MR) is 144 cm³/mol. The molecule has 1 aliphatic carbocycles. The molecule has 1 aliphatic rings. The first-order valence-corrected chi connectivity index (χ1v) is 12.8. The van der Waals surface area contributed by atoms with Gasteiger partial charge in [-0.25, -0.2) is 9.59 Å². The lowest BCUT2D eigenvalue weighted by molar-refractivity contribution is -0.140. The smallest absolute Gasteiger partial charge is 0.407 e. The average Bonchev–Trinajstić information content (AvgIpc) is 2.95. The molecule has 1 saturated carbocycles. The number of carbonyl (C=O) groups excluding carboxylic acids is 2. The van der Waals surface area contributed by atoms with E-state index in [4.69, 9.17) is 13.9 Å². The number of carbonyl (C=O) groups is 2. The van der Waals surface area contributed by atoms with Crippen molar-refractivity contribution in [2.75, 3.05) is 6.54 Å². The Morgan fingerprint density at radius 2 is 1.58 bits per heavy atom. The summed E-state index contributed by atoms with van der Waals surface area (Å²) < 4.78 is 16.3. The van der Waals surface area contributed by atoms with Crippen LogP contribution in [0.25, 0.3) is 22.1 Å². The van der Waals surface area contributed by atoms with E-state index < -0.39 is 11.7 Å². The van der Waals surface area contributed by atoms with Crippen molar-refractivity contribution in [2.45, 2.75) is 32.3 Å². The summed E-state index contributed by atoms with van der Waals surface area (Å²) in [5.74, 6) is 0.129. The highest BCUT2D eigenvalue weighted by molar-refractivity contribution is 5.94. The highest BCUT2D eigenvalue weighted by Gasteiger charge is 2.28. The molecule has 1 heterocycles. The number of amides is 1. The van der Waals surface area contributed by atoms with Gasteiger partial charge in [-0.1, -0.05) is 60.7 Å². The lowest BCUT2D eigenvalue weighted by atomic mass is 9.82. The molecule has 7 nitrogen and oxygen atoms in total. The van der Waals surface area contributed by atoms with E-state index in [1.807, 2.05) is 66.7 Å². The van der Waals surface area contributed by atoms with Crippen molar-refractivity contribution in [1.29, 1.82) is 0 Å². The second-order valence-corrected chi connectivity index (χ2v) is 9.58. The molecule has 1 N–H and O–H groups in total. The molecule has 194 valence electrons. The summed E-state index contributed by atoms with van der Waals surface area (Å²) in [4.78, 5) is 37.0. The fourth-order valence-electron chi connectivity index (χ4n) is 4.87. The number of rotatable bonds is 7. The monoisotopic (exact) mass is 511 g/mol. The Hall–Kier alpha value is -4.39. The van der Waals surface area contributed by atoms with Crippen molar-refractivity contribution in [3.8, 4) is 16.9 Å². The van der Waals surface area contributed by atoms with Crippen LogP contribution in [0.4, 0.5) is 4.79 Å². The van der Waals surface area contributed by atoms with Crippen LogP contribution < -0.4 is 15.7 Å². The molecule has 3 aromatic carbocycles. The fraction of sp³-hybridized carbons (Fsp3) is 0.258. The number of ether oxygens (including phenoxy) is 2. The molecule has 0 radical (unpaired) electrons. The number of nitrogens with one attached hydrogen (secondary N) is 1. The van der Waals surface area contributed by atoms with Crippen molar-refractivity contribution < 1.29 is 23.5 Å². The second-order valence-electron chi connectivity index (χ2n) is 9.58. The normalized spacial score (nSPS) is 17.1. The Morgan fingerprint density at radius 3 is 2.32 bits per heavy atom. The summed E-state index contributed by atoms with van der Waals surface area (Å²) in [6.45, 7) is 0.750. The maximum atomic E-state index is 12.8. The summed E-state index contributed by atoms with van der Waals surface area (Å²) in [6.07, 6.45) is 2.56. The molecule has 0 saturated heterocycles. The van der Waals surface area contributed by atoms with Crippen molar-refractivity contribution >= 4 is 23.0 Å². The number of alkyl carbamates (subject to hydrolysis) is 1. The third-order valence-corrected chi connectivity index (χ3v) is 6.95. The first-order chi connectivity index (χ1) is 18.5. The predicted octanol–water partition coefficient (Wildman–Crippen LogP) is 6.10. The molecule has 1 fully saturated rings. The highest BCUT2D eigenvalue weighted by atomic mass is 16.5. The van der Waals surface area contributed by atoms with E-state index in [0.29, 0.717) is 30.7 Å². The third-order valence-electron chi connectivity index (χ3n) is 6.95. The average molecular weight is 512 g/mol. The summed E-state index contributed by atoms with van der Waals surface area (Å²) in [7, 11) is 0. The Bertz CT molecular complexity index is 1460. The van der Waals surface area contributed by atoms with Crippen molar-refractivity contribution in [3.05, 3.63) is 101 Å². The van der Waals surface area contributed by atoms with Gasteiger partial charge in [0.05, 0.1) is 5.92 Å². The quantitative estimate of drug-likeness (QED) is 0.183. The molecule has 5 rings (SSSR count). The van der Waals surface area contributed by atoms with Crippen LogP contribution in [0.5, 0.6) is 5.75 Å². The van der Waals surface area contributed by atoms with E-state index in [2.05, 4.69) is 5.32 Å². The van der Waals surface area contributed by atoms with Crippen LogP contribution in [0.1, 0.15) is 31.2 Å². The van der Waals surface area contributed by atoms with E-state index in [1.165, 1.54) is 6.07 Å². The van der Waals surface area contributed by atoms with Gasteiger partial charge in [0.2, 0.25) is 0 Å². The van der Waals surface area contributed by atoms with Crippen LogP contribution in [0, 0.1) is 11.8 Å². The van der Waals surface area contributed by atoms with Gasteiger partial charge in [-0.05, 0) is 60.4 Å². The Kier molecular flexibility index (Phi) is 7.83. The van der Waals surface area contributed by atoms with Gasteiger partial charge < -0.3 is 19.2 Å². The van der Waals surface area contributed by atoms with Gasteiger partial charge in [-0.3, -0.25) is 4.79 Å². The van der Waals surface area contributed by atoms with E-state index in [0.717, 1.165) is 34.9 Å². The zero-order valence-electron chi connectivity index (χ0n) is 20.9. The maximum absolute atomic E-state index is 12.8. The third kappa shape index (κ3) is 6.29. The minimum Gasteiger partial charge on any atom is -0.445 e. The summed E-state index contributed by atoms with van der Waals surface area (Å²) in [5, 5.41) is 3.60. The molecule has 0 atom stereocenters. The van der Waals surface area contributed by atoms with Crippen LogP contribution in [0.2, 0.25) is 0 Å². The van der Waals surface area contributed by atoms with E-state index in [1.54, 1.807) is 12.1 Å². The van der Waals surface area contributed by atoms with Crippen LogP contribution in [-0.4, -0.2) is 18.6 Å². The van der Waals surface area contributed by atoms with Crippen LogP contribution >= 0.6 is 0 Å². The molecule has 4 aromatic rings. The van der Waals surface area contributed by atoms with E-state index in [9.17, 15) is 14.4 Å². The Balaban J connectivity index is 1.12. The topological polar surface area (TPSA) is 94.8 Å². The Labute approximate surface area is 220 Å². The lowest BCUT2D eigenvalue weighted by Crippen LogP contribution is -2.33. The minimum atomic E-state index is -0.462. The van der Waals surface area contributed by atoms with Crippen molar-refractivity contribution in [1.82, 2.24) is 5.32 Å². The van der Waals surface area contributed by atoms with Crippen LogP contribution in [0.15, 0.2) is 94.1 Å². The second kappa shape index (κ2) is 11.8. The molecule has 0 spiro atoms. The molecule has 38 heavy (non-hydrogen) atoms. The molecule has 1 aromatic heterocycles. The van der Waals surface area contributed by atoms with Gasteiger partial charge in [0.15, 0.2) is 0 Å². The largest absolute Gasteiger partial charge is 0.445 e. The molecule has 0 unspecified atom stereocenters. The SMILES string of the molecule is O=C(NCC1CCC(C(=O)Oc2ccc3c(-c4ccccc4)cc(=O)oc3c2)CC1)OCc1ccccc1. The number of benzene rings is 3. The summed E-state index contributed by atoms with van der Waals surface area (Å²) >= 11 is 0. The molecule has 7 heteroatoms.